The van der Waals surface area contributed by atoms with E-state index in [0.717, 1.165) is 17.7 Å². The average molecular weight is 296 g/mol. The average Bonchev–Trinajstić information content (AvgIpc) is 2.49. The van der Waals surface area contributed by atoms with E-state index in [1.54, 1.807) is 6.08 Å². The maximum Gasteiger partial charge on any atom is 0.159 e. The summed E-state index contributed by atoms with van der Waals surface area (Å²) in [4.78, 5) is 14.4. The van der Waals surface area contributed by atoms with Gasteiger partial charge in [0, 0.05) is 32.1 Å². The number of benzene rings is 1. The lowest BCUT2D eigenvalue weighted by Crippen LogP contribution is -2.48. The predicted octanol–water partition coefficient (Wildman–Crippen LogP) is 3.91. The molecular formula is C19H24N2O. The van der Waals surface area contributed by atoms with Gasteiger partial charge < -0.3 is 4.90 Å². The van der Waals surface area contributed by atoms with E-state index in [1.165, 1.54) is 0 Å². The van der Waals surface area contributed by atoms with E-state index in [0.29, 0.717) is 12.3 Å². The second-order valence-corrected chi connectivity index (χ2v) is 6.89. The maximum atomic E-state index is 12.4. The fourth-order valence-corrected chi connectivity index (χ4v) is 3.13. The van der Waals surface area contributed by atoms with Crippen LogP contribution in [0.5, 0.6) is 0 Å². The van der Waals surface area contributed by atoms with Crippen LogP contribution >= 0.6 is 0 Å². The number of rotatable bonds is 5. The quantitative estimate of drug-likeness (QED) is 0.774. The largest absolute Gasteiger partial charge is 0.378 e. The Bertz CT molecular complexity index is 605. The van der Waals surface area contributed by atoms with Gasteiger partial charge in [0.15, 0.2) is 5.78 Å². The molecule has 0 radical (unpaired) electrons. The smallest absolute Gasteiger partial charge is 0.159 e. The van der Waals surface area contributed by atoms with Crippen LogP contribution in [0, 0.1) is 28.6 Å². The zero-order valence-corrected chi connectivity index (χ0v) is 13.8. The van der Waals surface area contributed by atoms with Crippen molar-refractivity contribution in [3.8, 4) is 6.07 Å². The van der Waals surface area contributed by atoms with Crippen molar-refractivity contribution >= 4 is 17.5 Å². The minimum absolute atomic E-state index is 0.0446. The van der Waals surface area contributed by atoms with Gasteiger partial charge in [0.05, 0.1) is 6.07 Å². The number of carbonyl (C=O) groups excluding carboxylic acids is 1. The molecular weight excluding hydrogens is 272 g/mol. The summed E-state index contributed by atoms with van der Waals surface area (Å²) in [6, 6.07) is 10.3. The number of allylic oxidation sites excluding steroid dienone is 1. The summed E-state index contributed by atoms with van der Waals surface area (Å²) in [6.07, 6.45) is 4.96. The third-order valence-electron chi connectivity index (χ3n) is 5.00. The molecule has 0 spiro atoms. The van der Waals surface area contributed by atoms with Crippen LogP contribution in [-0.4, -0.2) is 19.9 Å². The Morgan fingerprint density at radius 2 is 2.00 bits per heavy atom. The van der Waals surface area contributed by atoms with Gasteiger partial charge in [-0.1, -0.05) is 32.1 Å². The summed E-state index contributed by atoms with van der Waals surface area (Å²) in [5.41, 5.74) is 2.11. The second kappa shape index (κ2) is 6.36. The Hall–Kier alpha value is -2.08. The van der Waals surface area contributed by atoms with Crippen LogP contribution in [0.1, 0.15) is 32.3 Å². The number of nitrogens with zero attached hydrogens (tertiary/aromatic N) is 2. The Labute approximate surface area is 133 Å². The molecule has 1 aliphatic carbocycles. The fourth-order valence-electron chi connectivity index (χ4n) is 3.13. The van der Waals surface area contributed by atoms with Gasteiger partial charge in [0.25, 0.3) is 0 Å². The molecule has 2 atom stereocenters. The summed E-state index contributed by atoms with van der Waals surface area (Å²) in [7, 11) is 4.01. The van der Waals surface area contributed by atoms with Crippen molar-refractivity contribution in [3.63, 3.8) is 0 Å². The second-order valence-electron chi connectivity index (χ2n) is 6.89. The lowest BCUT2D eigenvalue weighted by atomic mass is 9.52. The molecule has 0 bridgehead atoms. The van der Waals surface area contributed by atoms with Crippen molar-refractivity contribution in [2.24, 2.45) is 17.3 Å². The van der Waals surface area contributed by atoms with Crippen molar-refractivity contribution in [2.75, 3.05) is 19.0 Å². The molecule has 22 heavy (non-hydrogen) atoms. The van der Waals surface area contributed by atoms with E-state index >= 15 is 0 Å². The predicted molar refractivity (Wildman–Crippen MR) is 90.4 cm³/mol. The molecule has 1 aromatic rings. The third-order valence-corrected chi connectivity index (χ3v) is 5.00. The lowest BCUT2D eigenvalue weighted by molar-refractivity contribution is -0.132. The molecule has 1 aromatic carbocycles. The van der Waals surface area contributed by atoms with Crippen molar-refractivity contribution in [3.05, 3.63) is 35.9 Å². The van der Waals surface area contributed by atoms with E-state index in [2.05, 4.69) is 19.9 Å². The number of hydrogen-bond donors (Lipinski definition) is 0. The van der Waals surface area contributed by atoms with Gasteiger partial charge in [0.2, 0.25) is 0 Å². The van der Waals surface area contributed by atoms with Crippen LogP contribution in [0.4, 0.5) is 5.69 Å². The summed E-state index contributed by atoms with van der Waals surface area (Å²) in [5, 5.41) is 8.82. The summed E-state index contributed by atoms with van der Waals surface area (Å²) >= 11 is 0. The van der Waals surface area contributed by atoms with Crippen LogP contribution in [0.3, 0.4) is 0 Å². The molecule has 3 nitrogen and oxygen atoms in total. The molecule has 116 valence electrons. The van der Waals surface area contributed by atoms with Crippen LogP contribution in [-0.2, 0) is 4.79 Å². The van der Waals surface area contributed by atoms with E-state index in [-0.39, 0.29) is 17.1 Å². The van der Waals surface area contributed by atoms with Crippen molar-refractivity contribution in [2.45, 2.75) is 26.7 Å². The Balaban J connectivity index is 1.99. The van der Waals surface area contributed by atoms with E-state index in [9.17, 15) is 4.79 Å². The van der Waals surface area contributed by atoms with Gasteiger partial charge in [0.1, 0.15) is 0 Å². The number of nitriles is 1. The molecule has 1 fully saturated rings. The maximum absolute atomic E-state index is 12.4. The molecule has 1 saturated carbocycles. The molecule has 0 N–H and O–H groups in total. The van der Waals surface area contributed by atoms with Crippen LogP contribution in [0.2, 0.25) is 0 Å². The number of ketones is 1. The zero-order chi connectivity index (χ0) is 16.3. The standard InChI is InChI=1S/C19H24N2O/c1-19(2)15(11-12-20)13-17(19)18(22)10-7-14-5-8-16(9-6-14)21(3)4/h5-10,15,17H,11,13H2,1-4H3/b10-7+/t15-,17+/m0/s1. The molecule has 1 aliphatic rings. The van der Waals surface area contributed by atoms with E-state index in [1.807, 2.05) is 49.3 Å². The van der Waals surface area contributed by atoms with Gasteiger partial charge in [-0.15, -0.1) is 0 Å². The van der Waals surface area contributed by atoms with Crippen LogP contribution in [0.15, 0.2) is 30.3 Å². The molecule has 2 rings (SSSR count). The molecule has 0 heterocycles. The van der Waals surface area contributed by atoms with Crippen LogP contribution in [0.25, 0.3) is 6.08 Å². The van der Waals surface area contributed by atoms with Gasteiger partial charge in [-0.2, -0.15) is 5.26 Å². The first kappa shape index (κ1) is 16.3. The highest BCUT2D eigenvalue weighted by Crippen LogP contribution is 2.53. The molecule has 0 saturated heterocycles. The molecule has 3 heteroatoms. The highest BCUT2D eigenvalue weighted by atomic mass is 16.1. The van der Waals surface area contributed by atoms with Gasteiger partial charge in [-0.25, -0.2) is 0 Å². The number of carbonyl (C=O) groups is 1. The summed E-state index contributed by atoms with van der Waals surface area (Å²) < 4.78 is 0. The van der Waals surface area contributed by atoms with Crippen molar-refractivity contribution < 1.29 is 4.79 Å². The SMILES string of the molecule is CN(C)c1ccc(/C=C/C(=O)[C@H]2C[C@H](CC#N)C2(C)C)cc1. The number of anilines is 1. The lowest BCUT2D eigenvalue weighted by Gasteiger charge is -2.50. The minimum Gasteiger partial charge on any atom is -0.378 e. The molecule has 0 aromatic heterocycles. The van der Waals surface area contributed by atoms with Gasteiger partial charge in [-0.3, -0.25) is 4.79 Å². The Morgan fingerprint density at radius 3 is 2.50 bits per heavy atom. The Kier molecular flexibility index (Phi) is 4.71. The van der Waals surface area contributed by atoms with Crippen LogP contribution < -0.4 is 4.90 Å². The normalized spacial score (nSPS) is 22.9. The number of hydrogen-bond acceptors (Lipinski definition) is 3. The first-order valence-corrected chi connectivity index (χ1v) is 7.72. The first-order chi connectivity index (χ1) is 10.4. The van der Waals surface area contributed by atoms with E-state index in [4.69, 9.17) is 5.26 Å². The molecule has 0 amide bonds. The first-order valence-electron chi connectivity index (χ1n) is 7.72. The summed E-state index contributed by atoms with van der Waals surface area (Å²) in [6.45, 7) is 4.20. The monoisotopic (exact) mass is 296 g/mol. The van der Waals surface area contributed by atoms with E-state index < -0.39 is 0 Å². The van der Waals surface area contributed by atoms with Crippen molar-refractivity contribution in [1.82, 2.24) is 0 Å². The summed E-state index contributed by atoms with van der Waals surface area (Å²) in [5.74, 6) is 0.568. The van der Waals surface area contributed by atoms with Gasteiger partial charge >= 0.3 is 0 Å². The highest BCUT2D eigenvalue weighted by molar-refractivity contribution is 5.96. The fraction of sp³-hybridized carbons (Fsp3) is 0.474. The van der Waals surface area contributed by atoms with Gasteiger partial charge in [-0.05, 0) is 41.5 Å². The topological polar surface area (TPSA) is 44.1 Å². The minimum atomic E-state index is -0.0636. The molecule has 0 aliphatic heterocycles. The molecule has 0 unspecified atom stereocenters. The third kappa shape index (κ3) is 3.22. The van der Waals surface area contributed by atoms with Crippen molar-refractivity contribution in [1.29, 1.82) is 5.26 Å². The highest BCUT2D eigenvalue weighted by Gasteiger charge is 2.50. The Morgan fingerprint density at radius 1 is 1.36 bits per heavy atom. The zero-order valence-electron chi connectivity index (χ0n) is 13.8.